The minimum atomic E-state index is -2.87. The monoisotopic (exact) mass is 220 g/mol. The van der Waals surface area contributed by atoms with E-state index >= 15 is 0 Å². The first-order valence-corrected chi connectivity index (χ1v) is 3.93. The van der Waals surface area contributed by atoms with Crippen LogP contribution in [0.3, 0.4) is 0 Å². The molecule has 0 saturated heterocycles. The number of nitrogens with zero attached hydrogens (tertiary/aromatic N) is 2. The molecule has 0 bridgehead atoms. The minimum Gasteiger partial charge on any atom is -0.257 e. The summed E-state index contributed by atoms with van der Waals surface area (Å²) in [6.07, 6.45) is -2.39. The van der Waals surface area contributed by atoms with E-state index in [9.17, 15) is 13.2 Å². The van der Waals surface area contributed by atoms with Gasteiger partial charge in [-0.3, -0.25) is 4.98 Å². The zero-order valence-corrected chi connectivity index (χ0v) is 7.52. The van der Waals surface area contributed by atoms with Gasteiger partial charge in [-0.25, -0.2) is 13.2 Å². The van der Waals surface area contributed by atoms with Crippen molar-refractivity contribution < 1.29 is 13.2 Å². The molecular formula is C8H4ClF3N2. The SMILES string of the molecule is N#CCc1ncc(C(F)F)c(Cl)c1F. The van der Waals surface area contributed by atoms with Gasteiger partial charge in [0.2, 0.25) is 0 Å². The van der Waals surface area contributed by atoms with Crippen molar-refractivity contribution in [3.63, 3.8) is 0 Å². The van der Waals surface area contributed by atoms with Crippen molar-refractivity contribution in [1.29, 1.82) is 5.26 Å². The maximum Gasteiger partial charge on any atom is 0.266 e. The average Bonchev–Trinajstić information content (AvgIpc) is 2.13. The van der Waals surface area contributed by atoms with E-state index in [1.165, 1.54) is 0 Å². The molecule has 0 atom stereocenters. The molecular weight excluding hydrogens is 217 g/mol. The summed E-state index contributed by atoms with van der Waals surface area (Å²) in [6, 6.07) is 1.65. The lowest BCUT2D eigenvalue weighted by atomic mass is 10.2. The molecule has 0 aliphatic rings. The molecule has 0 radical (unpaired) electrons. The van der Waals surface area contributed by atoms with Crippen molar-refractivity contribution in [2.75, 3.05) is 0 Å². The number of alkyl halides is 2. The Bertz CT molecular complexity index is 387. The summed E-state index contributed by atoms with van der Waals surface area (Å²) in [6.45, 7) is 0. The fourth-order valence-electron chi connectivity index (χ4n) is 0.864. The van der Waals surface area contributed by atoms with Crippen molar-refractivity contribution in [1.82, 2.24) is 4.98 Å². The summed E-state index contributed by atoms with van der Waals surface area (Å²) in [5.74, 6) is -1.05. The van der Waals surface area contributed by atoms with Crippen LogP contribution in [0.4, 0.5) is 13.2 Å². The van der Waals surface area contributed by atoms with Gasteiger partial charge in [-0.15, -0.1) is 0 Å². The molecule has 0 amide bonds. The maximum atomic E-state index is 13.1. The average molecular weight is 221 g/mol. The van der Waals surface area contributed by atoms with E-state index in [0.717, 1.165) is 6.20 Å². The lowest BCUT2D eigenvalue weighted by molar-refractivity contribution is 0.150. The van der Waals surface area contributed by atoms with Crippen LogP contribution in [0, 0.1) is 17.1 Å². The molecule has 0 unspecified atom stereocenters. The molecule has 1 heterocycles. The predicted octanol–water partition coefficient (Wildman–Crippen LogP) is 2.88. The first-order valence-electron chi connectivity index (χ1n) is 3.55. The van der Waals surface area contributed by atoms with Gasteiger partial charge in [0.25, 0.3) is 6.43 Å². The Morgan fingerprint density at radius 3 is 2.71 bits per heavy atom. The molecule has 14 heavy (non-hydrogen) atoms. The second-order valence-electron chi connectivity index (χ2n) is 2.42. The van der Waals surface area contributed by atoms with Gasteiger partial charge in [0.15, 0.2) is 5.82 Å². The molecule has 1 aromatic rings. The zero-order chi connectivity index (χ0) is 10.7. The lowest BCUT2D eigenvalue weighted by Gasteiger charge is -2.05. The first kappa shape index (κ1) is 10.8. The Kier molecular flexibility index (Phi) is 3.31. The molecule has 0 aliphatic carbocycles. The number of hydrogen-bond donors (Lipinski definition) is 0. The molecule has 74 valence electrons. The van der Waals surface area contributed by atoms with Gasteiger partial charge in [-0.1, -0.05) is 11.6 Å². The number of rotatable bonds is 2. The summed E-state index contributed by atoms with van der Waals surface area (Å²) in [5, 5.41) is 7.60. The summed E-state index contributed by atoms with van der Waals surface area (Å²) >= 11 is 5.32. The Balaban J connectivity index is 3.20. The molecule has 6 heteroatoms. The molecule has 0 aromatic carbocycles. The van der Waals surface area contributed by atoms with Crippen molar-refractivity contribution in [2.24, 2.45) is 0 Å². The van der Waals surface area contributed by atoms with E-state index in [0.29, 0.717) is 0 Å². The largest absolute Gasteiger partial charge is 0.266 e. The van der Waals surface area contributed by atoms with Gasteiger partial charge < -0.3 is 0 Å². The summed E-state index contributed by atoms with van der Waals surface area (Å²) in [4.78, 5) is 3.39. The number of aromatic nitrogens is 1. The van der Waals surface area contributed by atoms with Crippen molar-refractivity contribution in [3.05, 3.63) is 28.3 Å². The third-order valence-electron chi connectivity index (χ3n) is 1.54. The zero-order valence-electron chi connectivity index (χ0n) is 6.77. The molecule has 1 rings (SSSR count). The molecule has 2 nitrogen and oxygen atoms in total. The van der Waals surface area contributed by atoms with Crippen molar-refractivity contribution in [3.8, 4) is 6.07 Å². The molecule has 0 aliphatic heterocycles. The standard InChI is InChI=1S/C8H4ClF3N2/c9-6-4(8(11)12)3-14-5(1-2-13)7(6)10/h3,8H,1H2. The number of hydrogen-bond acceptors (Lipinski definition) is 2. The van der Waals surface area contributed by atoms with Crippen molar-refractivity contribution >= 4 is 11.6 Å². The second kappa shape index (κ2) is 4.29. The van der Waals surface area contributed by atoms with Crippen molar-refractivity contribution in [2.45, 2.75) is 12.8 Å². The fraction of sp³-hybridized carbons (Fsp3) is 0.250. The van der Waals surface area contributed by atoms with Crippen LogP contribution in [0.2, 0.25) is 5.02 Å². The van der Waals surface area contributed by atoms with E-state index in [2.05, 4.69) is 4.98 Å². The van der Waals surface area contributed by atoms with Crippen LogP contribution >= 0.6 is 11.6 Å². The predicted molar refractivity (Wildman–Crippen MR) is 43.5 cm³/mol. The highest BCUT2D eigenvalue weighted by atomic mass is 35.5. The summed E-state index contributed by atoms with van der Waals surface area (Å²) < 4.78 is 37.5. The molecule has 0 saturated carbocycles. The quantitative estimate of drug-likeness (QED) is 0.768. The van der Waals surface area contributed by atoms with Crippen LogP contribution in [0.15, 0.2) is 6.20 Å². The topological polar surface area (TPSA) is 36.7 Å². The number of nitriles is 1. The highest BCUT2D eigenvalue weighted by Gasteiger charge is 2.18. The van der Waals surface area contributed by atoms with E-state index in [1.807, 2.05) is 0 Å². The molecule has 1 aromatic heterocycles. The number of halogens is 4. The lowest BCUT2D eigenvalue weighted by Crippen LogP contribution is -1.99. The Morgan fingerprint density at radius 2 is 2.21 bits per heavy atom. The van der Waals surface area contributed by atoms with Crippen LogP contribution in [-0.2, 0) is 6.42 Å². The van der Waals surface area contributed by atoms with Crippen LogP contribution < -0.4 is 0 Å². The van der Waals surface area contributed by atoms with Gasteiger partial charge in [0, 0.05) is 6.20 Å². The second-order valence-corrected chi connectivity index (χ2v) is 2.80. The van der Waals surface area contributed by atoms with Crippen LogP contribution in [0.5, 0.6) is 0 Å². The minimum absolute atomic E-state index is 0.220. The number of pyridine rings is 1. The Labute approximate surface area is 82.9 Å². The van der Waals surface area contributed by atoms with Crippen LogP contribution in [0.1, 0.15) is 17.7 Å². The third kappa shape index (κ3) is 1.96. The van der Waals surface area contributed by atoms with Gasteiger partial charge in [-0.05, 0) is 0 Å². The van der Waals surface area contributed by atoms with E-state index in [1.54, 1.807) is 6.07 Å². The van der Waals surface area contributed by atoms with Crippen LogP contribution in [-0.4, -0.2) is 4.98 Å². The van der Waals surface area contributed by atoms with E-state index in [-0.39, 0.29) is 12.1 Å². The van der Waals surface area contributed by atoms with Gasteiger partial charge in [-0.2, -0.15) is 5.26 Å². The fourth-order valence-corrected chi connectivity index (χ4v) is 1.10. The first-order chi connectivity index (χ1) is 6.57. The third-order valence-corrected chi connectivity index (χ3v) is 1.92. The smallest absolute Gasteiger partial charge is 0.257 e. The highest BCUT2D eigenvalue weighted by Crippen LogP contribution is 2.29. The molecule has 0 spiro atoms. The maximum absolute atomic E-state index is 13.1. The van der Waals surface area contributed by atoms with Gasteiger partial charge >= 0.3 is 0 Å². The van der Waals surface area contributed by atoms with Gasteiger partial charge in [0.05, 0.1) is 28.8 Å². The normalized spacial score (nSPS) is 10.3. The Hall–Kier alpha value is -1.28. The van der Waals surface area contributed by atoms with E-state index in [4.69, 9.17) is 16.9 Å². The molecule has 0 N–H and O–H groups in total. The molecule has 0 fully saturated rings. The summed E-state index contributed by atoms with van der Waals surface area (Å²) in [7, 11) is 0. The van der Waals surface area contributed by atoms with Crippen LogP contribution in [0.25, 0.3) is 0 Å². The highest BCUT2D eigenvalue weighted by molar-refractivity contribution is 6.31. The Morgan fingerprint density at radius 1 is 1.57 bits per heavy atom. The summed E-state index contributed by atoms with van der Waals surface area (Å²) in [5.41, 5.74) is -0.882. The van der Waals surface area contributed by atoms with Gasteiger partial charge in [0.1, 0.15) is 0 Å². The van der Waals surface area contributed by atoms with E-state index < -0.39 is 22.8 Å².